The highest BCUT2D eigenvalue weighted by Crippen LogP contribution is 2.35. The molecule has 2 atom stereocenters. The Morgan fingerprint density at radius 1 is 1.17 bits per heavy atom. The van der Waals surface area contributed by atoms with Gasteiger partial charge in [-0.2, -0.15) is 18.2 Å². The van der Waals surface area contributed by atoms with Gasteiger partial charge in [-0.3, -0.25) is 9.36 Å². The van der Waals surface area contributed by atoms with Crippen molar-refractivity contribution in [3.05, 3.63) is 52.3 Å². The summed E-state index contributed by atoms with van der Waals surface area (Å²) < 4.78 is 61.1. The lowest BCUT2D eigenvalue weighted by atomic mass is 10.1. The van der Waals surface area contributed by atoms with Crippen molar-refractivity contribution in [3.63, 3.8) is 0 Å². The average Bonchev–Trinajstić information content (AvgIpc) is 2.74. The molecule has 0 saturated carbocycles. The number of alkyl halides is 4. The molecule has 2 aromatic rings. The van der Waals surface area contributed by atoms with E-state index in [1.807, 2.05) is 0 Å². The van der Waals surface area contributed by atoms with Gasteiger partial charge in [-0.15, -0.1) is 0 Å². The molecule has 2 aliphatic heterocycles. The minimum Gasteiger partial charge on any atom is -0.372 e. The van der Waals surface area contributed by atoms with E-state index in [0.29, 0.717) is 12.1 Å². The molecule has 6 nitrogen and oxygen atoms in total. The zero-order chi connectivity index (χ0) is 21.3. The van der Waals surface area contributed by atoms with Crippen molar-refractivity contribution < 1.29 is 22.3 Å². The third-order valence-corrected chi connectivity index (χ3v) is 5.44. The van der Waals surface area contributed by atoms with Crippen LogP contribution in [0, 0.1) is 0 Å². The number of morpholine rings is 1. The number of rotatable bonds is 4. The van der Waals surface area contributed by atoms with Gasteiger partial charge in [0, 0.05) is 32.2 Å². The van der Waals surface area contributed by atoms with E-state index in [1.54, 1.807) is 35.2 Å². The zero-order valence-electron chi connectivity index (χ0n) is 16.2. The summed E-state index contributed by atoms with van der Waals surface area (Å²) in [6.45, 7) is 0.0517. The number of anilines is 2. The number of benzene rings is 1. The van der Waals surface area contributed by atoms with Crippen LogP contribution in [-0.4, -0.2) is 54.2 Å². The SMILES string of the molecule is O=c1cc(N2CCOC(CF)C2)nc2n1CC[C@@H](C(F)(F)F)N2Cc1ccccc1. The molecule has 0 bridgehead atoms. The molecule has 10 heteroatoms. The molecular weight excluding hydrogens is 404 g/mol. The van der Waals surface area contributed by atoms with Crippen molar-refractivity contribution in [3.8, 4) is 0 Å². The van der Waals surface area contributed by atoms with Crippen LogP contribution in [0.15, 0.2) is 41.2 Å². The third-order valence-electron chi connectivity index (χ3n) is 5.44. The Labute approximate surface area is 170 Å². The monoisotopic (exact) mass is 426 g/mol. The fraction of sp³-hybridized carbons (Fsp3) is 0.500. The van der Waals surface area contributed by atoms with E-state index in [1.165, 1.54) is 10.6 Å². The Bertz CT molecular complexity index is 935. The Morgan fingerprint density at radius 3 is 2.63 bits per heavy atom. The van der Waals surface area contributed by atoms with Crippen molar-refractivity contribution in [2.24, 2.45) is 0 Å². The lowest BCUT2D eigenvalue weighted by molar-refractivity contribution is -0.153. The summed E-state index contributed by atoms with van der Waals surface area (Å²) in [6.07, 6.45) is -5.35. The Balaban J connectivity index is 1.74. The molecular formula is C20H22F4N4O2. The predicted octanol–water partition coefficient (Wildman–Crippen LogP) is 2.76. The van der Waals surface area contributed by atoms with Crippen molar-refractivity contribution in [2.45, 2.75) is 37.8 Å². The minimum atomic E-state index is -4.47. The first-order valence-electron chi connectivity index (χ1n) is 9.78. The molecule has 0 radical (unpaired) electrons. The van der Waals surface area contributed by atoms with E-state index in [-0.39, 0.29) is 44.4 Å². The van der Waals surface area contributed by atoms with Gasteiger partial charge in [0.15, 0.2) is 0 Å². The quantitative estimate of drug-likeness (QED) is 0.704. The standard InChI is InChI=1S/C20H22F4N4O2/c21-11-15-13-26(8-9-30-15)17-10-18(29)27-7-6-16(20(22,23)24)28(19(27)25-17)12-14-4-2-1-3-5-14/h1-5,10,15-16H,6-9,11-13H2/t15?,16-/m0/s1. The first kappa shape index (κ1) is 20.6. The Hall–Kier alpha value is -2.62. The molecule has 0 amide bonds. The number of hydrogen-bond donors (Lipinski definition) is 0. The van der Waals surface area contributed by atoms with Crippen molar-refractivity contribution in [2.75, 3.05) is 36.2 Å². The maximum atomic E-state index is 13.8. The van der Waals surface area contributed by atoms with Crippen LogP contribution >= 0.6 is 0 Å². The number of nitrogens with zero attached hydrogens (tertiary/aromatic N) is 4. The number of halogens is 4. The Kier molecular flexibility index (Phi) is 5.68. The highest BCUT2D eigenvalue weighted by molar-refractivity contribution is 5.47. The van der Waals surface area contributed by atoms with E-state index in [4.69, 9.17) is 4.74 Å². The number of ether oxygens (including phenoxy) is 1. The van der Waals surface area contributed by atoms with Crippen molar-refractivity contribution in [1.29, 1.82) is 0 Å². The van der Waals surface area contributed by atoms with Crippen molar-refractivity contribution in [1.82, 2.24) is 9.55 Å². The summed E-state index contributed by atoms with van der Waals surface area (Å²) in [5, 5.41) is 0. The topological polar surface area (TPSA) is 50.6 Å². The third kappa shape index (κ3) is 4.14. The average molecular weight is 426 g/mol. The minimum absolute atomic E-state index is 0.0155. The summed E-state index contributed by atoms with van der Waals surface area (Å²) >= 11 is 0. The molecule has 30 heavy (non-hydrogen) atoms. The van der Waals surface area contributed by atoms with E-state index in [0.717, 1.165) is 4.90 Å². The molecule has 1 saturated heterocycles. The molecule has 2 aliphatic rings. The van der Waals surface area contributed by atoms with E-state index < -0.39 is 30.6 Å². The van der Waals surface area contributed by atoms with Crippen LogP contribution in [0.5, 0.6) is 0 Å². The van der Waals surface area contributed by atoms with Gasteiger partial charge in [-0.05, 0) is 12.0 Å². The van der Waals surface area contributed by atoms with Crippen molar-refractivity contribution >= 4 is 11.8 Å². The maximum Gasteiger partial charge on any atom is 0.408 e. The highest BCUT2D eigenvalue weighted by atomic mass is 19.4. The summed E-state index contributed by atoms with van der Waals surface area (Å²) in [4.78, 5) is 20.0. The predicted molar refractivity (Wildman–Crippen MR) is 104 cm³/mol. The number of hydrogen-bond acceptors (Lipinski definition) is 5. The second-order valence-corrected chi connectivity index (χ2v) is 7.46. The first-order valence-corrected chi connectivity index (χ1v) is 9.78. The fourth-order valence-electron chi connectivity index (χ4n) is 3.94. The lowest BCUT2D eigenvalue weighted by Gasteiger charge is -2.40. The van der Waals surface area contributed by atoms with Gasteiger partial charge < -0.3 is 14.5 Å². The molecule has 4 rings (SSSR count). The van der Waals surface area contributed by atoms with Gasteiger partial charge >= 0.3 is 6.18 Å². The molecule has 1 fully saturated rings. The van der Waals surface area contributed by atoms with Gasteiger partial charge in [-0.1, -0.05) is 30.3 Å². The molecule has 0 spiro atoms. The second-order valence-electron chi connectivity index (χ2n) is 7.46. The first-order chi connectivity index (χ1) is 14.4. The summed E-state index contributed by atoms with van der Waals surface area (Å²) in [5.74, 6) is 0.229. The molecule has 1 aromatic heterocycles. The van der Waals surface area contributed by atoms with Gasteiger partial charge in [0.25, 0.3) is 5.56 Å². The molecule has 0 aliphatic carbocycles. The summed E-state index contributed by atoms with van der Waals surface area (Å²) in [5.41, 5.74) is 0.265. The van der Waals surface area contributed by atoms with Gasteiger partial charge in [0.2, 0.25) is 5.95 Å². The summed E-state index contributed by atoms with van der Waals surface area (Å²) in [7, 11) is 0. The van der Waals surface area contributed by atoms with E-state index >= 15 is 0 Å². The van der Waals surface area contributed by atoms with E-state index in [2.05, 4.69) is 4.98 Å². The van der Waals surface area contributed by atoms with Crippen LogP contribution in [0.1, 0.15) is 12.0 Å². The van der Waals surface area contributed by atoms with Crippen LogP contribution in [0.25, 0.3) is 0 Å². The maximum absolute atomic E-state index is 13.8. The van der Waals surface area contributed by atoms with Crippen LogP contribution in [0.2, 0.25) is 0 Å². The molecule has 162 valence electrons. The van der Waals surface area contributed by atoms with Gasteiger partial charge in [0.05, 0.1) is 6.61 Å². The van der Waals surface area contributed by atoms with Crippen LogP contribution in [-0.2, 0) is 17.8 Å². The van der Waals surface area contributed by atoms with Crippen LogP contribution in [0.4, 0.5) is 29.3 Å². The molecule has 1 unspecified atom stereocenters. The highest BCUT2D eigenvalue weighted by Gasteiger charge is 2.47. The lowest BCUT2D eigenvalue weighted by Crippen LogP contribution is -2.52. The van der Waals surface area contributed by atoms with Crippen LogP contribution in [0.3, 0.4) is 0 Å². The number of aromatic nitrogens is 2. The fourth-order valence-corrected chi connectivity index (χ4v) is 3.94. The molecule has 3 heterocycles. The second kappa shape index (κ2) is 8.25. The van der Waals surface area contributed by atoms with E-state index in [9.17, 15) is 22.4 Å². The Morgan fingerprint density at radius 2 is 1.93 bits per heavy atom. The molecule has 1 aromatic carbocycles. The van der Waals surface area contributed by atoms with Gasteiger partial charge in [0.1, 0.15) is 24.6 Å². The zero-order valence-corrected chi connectivity index (χ0v) is 16.2. The van der Waals surface area contributed by atoms with Gasteiger partial charge in [-0.25, -0.2) is 4.39 Å². The smallest absolute Gasteiger partial charge is 0.372 e. The molecule has 0 N–H and O–H groups in total. The normalized spacial score (nSPS) is 22.1. The number of fused-ring (bicyclic) bond motifs is 1. The summed E-state index contributed by atoms with van der Waals surface area (Å²) in [6, 6.07) is 8.33. The van der Waals surface area contributed by atoms with Crippen LogP contribution < -0.4 is 15.4 Å². The largest absolute Gasteiger partial charge is 0.408 e.